The van der Waals surface area contributed by atoms with Crippen molar-refractivity contribution < 1.29 is 0 Å². The van der Waals surface area contributed by atoms with Crippen LogP contribution in [0.5, 0.6) is 0 Å². The summed E-state index contributed by atoms with van der Waals surface area (Å²) in [6.07, 6.45) is 5.26. The molecule has 4 aromatic rings. The molecule has 0 N–H and O–H groups in total. The second kappa shape index (κ2) is 6.33. The van der Waals surface area contributed by atoms with Crippen LogP contribution in [0.1, 0.15) is 0 Å². The van der Waals surface area contributed by atoms with Crippen molar-refractivity contribution in [2.24, 2.45) is 0 Å². The lowest BCUT2D eigenvalue weighted by Crippen LogP contribution is -2.01. The maximum Gasteiger partial charge on any atom is 0.187 e. The highest BCUT2D eigenvalue weighted by Crippen LogP contribution is 2.28. The average Bonchev–Trinajstić information content (AvgIpc) is 3.09. The van der Waals surface area contributed by atoms with E-state index in [0.29, 0.717) is 5.82 Å². The first-order valence-electron chi connectivity index (χ1n) is 7.36. The fourth-order valence-electron chi connectivity index (χ4n) is 2.47. The van der Waals surface area contributed by atoms with Crippen LogP contribution in [0.25, 0.3) is 28.6 Å². The number of rotatable bonds is 3. The van der Waals surface area contributed by atoms with Crippen LogP contribution in [-0.2, 0) is 0 Å². The van der Waals surface area contributed by atoms with Crippen LogP contribution in [0.15, 0.2) is 77.7 Å². The Bertz CT molecular complexity index is 950. The molecule has 0 atom stereocenters. The Hall–Kier alpha value is -2.86. The molecule has 3 aromatic heterocycles. The molecule has 0 saturated heterocycles. The van der Waals surface area contributed by atoms with Crippen molar-refractivity contribution in [1.29, 1.82) is 0 Å². The number of halogens is 1. The first-order valence-corrected chi connectivity index (χ1v) is 8.15. The summed E-state index contributed by atoms with van der Waals surface area (Å²) in [5, 5.41) is 8.79. The van der Waals surface area contributed by atoms with E-state index in [9.17, 15) is 0 Å². The molecular weight excluding hydrogens is 366 g/mol. The van der Waals surface area contributed by atoms with Crippen molar-refractivity contribution in [3.8, 4) is 28.6 Å². The van der Waals surface area contributed by atoms with E-state index in [4.69, 9.17) is 0 Å². The van der Waals surface area contributed by atoms with E-state index in [2.05, 4.69) is 36.1 Å². The lowest BCUT2D eigenvalue weighted by molar-refractivity contribution is 1.05. The average molecular weight is 378 g/mol. The van der Waals surface area contributed by atoms with Crippen LogP contribution < -0.4 is 0 Å². The number of hydrogen-bond donors (Lipinski definition) is 0. The summed E-state index contributed by atoms with van der Waals surface area (Å²) in [5.41, 5.74) is 2.68. The maximum atomic E-state index is 4.41. The molecule has 0 aliphatic rings. The van der Waals surface area contributed by atoms with E-state index < -0.39 is 0 Å². The van der Waals surface area contributed by atoms with Crippen LogP contribution in [-0.4, -0.2) is 24.7 Å². The van der Waals surface area contributed by atoms with Gasteiger partial charge in [0.05, 0.1) is 5.69 Å². The van der Waals surface area contributed by atoms with E-state index in [1.54, 1.807) is 18.6 Å². The fourth-order valence-corrected chi connectivity index (χ4v) is 2.73. The molecule has 24 heavy (non-hydrogen) atoms. The number of hydrogen-bond acceptors (Lipinski definition) is 4. The third kappa shape index (κ3) is 2.72. The standard InChI is InChI=1S/C18H12BrN5/c19-14-6-4-13(5-7-14)17-22-23-18(16-3-1-2-10-21-16)24(17)15-8-11-20-12-9-15/h1-12H. The zero-order valence-electron chi connectivity index (χ0n) is 12.5. The topological polar surface area (TPSA) is 56.5 Å². The van der Waals surface area contributed by atoms with Gasteiger partial charge in [-0.05, 0) is 36.4 Å². The first kappa shape index (κ1) is 14.7. The molecule has 0 aliphatic heterocycles. The van der Waals surface area contributed by atoms with Gasteiger partial charge in [0.15, 0.2) is 11.6 Å². The molecule has 0 saturated carbocycles. The highest BCUT2D eigenvalue weighted by molar-refractivity contribution is 9.10. The van der Waals surface area contributed by atoms with Gasteiger partial charge in [-0.3, -0.25) is 14.5 Å². The molecule has 0 bridgehead atoms. The van der Waals surface area contributed by atoms with Crippen molar-refractivity contribution in [2.75, 3.05) is 0 Å². The van der Waals surface area contributed by atoms with Crippen LogP contribution in [0.4, 0.5) is 0 Å². The molecule has 116 valence electrons. The summed E-state index contributed by atoms with van der Waals surface area (Å²) < 4.78 is 3.01. The van der Waals surface area contributed by atoms with Crippen molar-refractivity contribution >= 4 is 15.9 Å². The van der Waals surface area contributed by atoms with Crippen molar-refractivity contribution in [1.82, 2.24) is 24.7 Å². The molecule has 6 heteroatoms. The predicted molar refractivity (Wildman–Crippen MR) is 95.5 cm³/mol. The predicted octanol–water partition coefficient (Wildman–Crippen LogP) is 4.15. The summed E-state index contributed by atoms with van der Waals surface area (Å²) >= 11 is 3.46. The van der Waals surface area contributed by atoms with E-state index in [1.165, 1.54) is 0 Å². The lowest BCUT2D eigenvalue weighted by atomic mass is 10.2. The number of nitrogens with zero attached hydrogens (tertiary/aromatic N) is 5. The molecule has 0 radical (unpaired) electrons. The quantitative estimate of drug-likeness (QED) is 0.537. The van der Waals surface area contributed by atoms with Gasteiger partial charge >= 0.3 is 0 Å². The van der Waals surface area contributed by atoms with Crippen molar-refractivity contribution in [3.05, 3.63) is 77.7 Å². The number of benzene rings is 1. The third-order valence-electron chi connectivity index (χ3n) is 3.58. The van der Waals surface area contributed by atoms with Gasteiger partial charge in [0.1, 0.15) is 5.69 Å². The van der Waals surface area contributed by atoms with Crippen LogP contribution in [0.3, 0.4) is 0 Å². The molecule has 0 spiro atoms. The van der Waals surface area contributed by atoms with Crippen LogP contribution in [0, 0.1) is 0 Å². The van der Waals surface area contributed by atoms with Gasteiger partial charge in [0.2, 0.25) is 0 Å². The normalized spacial score (nSPS) is 10.7. The van der Waals surface area contributed by atoms with Gasteiger partial charge in [-0.15, -0.1) is 10.2 Å². The number of aromatic nitrogens is 5. The largest absolute Gasteiger partial charge is 0.274 e. The van der Waals surface area contributed by atoms with Gasteiger partial charge in [0, 0.05) is 28.6 Å². The molecule has 4 rings (SSSR count). The Balaban J connectivity index is 1.95. The van der Waals surface area contributed by atoms with Gasteiger partial charge in [-0.25, -0.2) is 0 Å². The minimum absolute atomic E-state index is 0.694. The van der Waals surface area contributed by atoms with Gasteiger partial charge in [-0.1, -0.05) is 34.1 Å². The number of pyridine rings is 2. The van der Waals surface area contributed by atoms with Gasteiger partial charge in [-0.2, -0.15) is 0 Å². The Morgan fingerprint density at radius 2 is 1.50 bits per heavy atom. The van der Waals surface area contributed by atoms with E-state index in [-0.39, 0.29) is 0 Å². The zero-order chi connectivity index (χ0) is 16.4. The molecule has 0 aliphatic carbocycles. The zero-order valence-corrected chi connectivity index (χ0v) is 14.1. The summed E-state index contributed by atoms with van der Waals surface area (Å²) in [6, 6.07) is 17.6. The SMILES string of the molecule is Brc1ccc(-c2nnc(-c3ccccn3)n2-c2ccncc2)cc1. The summed E-state index contributed by atoms with van der Waals surface area (Å²) in [5.74, 6) is 1.45. The molecular formula is C18H12BrN5. The monoisotopic (exact) mass is 377 g/mol. The van der Waals surface area contributed by atoms with Crippen molar-refractivity contribution in [3.63, 3.8) is 0 Å². The maximum absolute atomic E-state index is 4.41. The molecule has 0 amide bonds. The van der Waals surface area contributed by atoms with Gasteiger partial charge < -0.3 is 0 Å². The van der Waals surface area contributed by atoms with Gasteiger partial charge in [0.25, 0.3) is 0 Å². The highest BCUT2D eigenvalue weighted by atomic mass is 79.9. The minimum Gasteiger partial charge on any atom is -0.274 e. The Morgan fingerprint density at radius 3 is 2.21 bits per heavy atom. The Morgan fingerprint density at radius 1 is 0.750 bits per heavy atom. The fraction of sp³-hybridized carbons (Fsp3) is 0. The minimum atomic E-state index is 0.694. The molecule has 0 fully saturated rings. The second-order valence-electron chi connectivity index (χ2n) is 5.11. The molecule has 5 nitrogen and oxygen atoms in total. The Kier molecular flexibility index (Phi) is 3.88. The summed E-state index contributed by atoms with van der Waals surface area (Å²) in [7, 11) is 0. The summed E-state index contributed by atoms with van der Waals surface area (Å²) in [4.78, 5) is 8.51. The van der Waals surface area contributed by atoms with Crippen LogP contribution in [0.2, 0.25) is 0 Å². The van der Waals surface area contributed by atoms with Crippen molar-refractivity contribution in [2.45, 2.75) is 0 Å². The van der Waals surface area contributed by atoms with E-state index >= 15 is 0 Å². The highest BCUT2D eigenvalue weighted by Gasteiger charge is 2.17. The Labute approximate surface area is 147 Å². The second-order valence-corrected chi connectivity index (χ2v) is 6.03. The first-order chi connectivity index (χ1) is 11.8. The van der Waals surface area contributed by atoms with E-state index in [1.807, 2.05) is 59.2 Å². The van der Waals surface area contributed by atoms with Crippen LogP contribution >= 0.6 is 15.9 Å². The molecule has 3 heterocycles. The third-order valence-corrected chi connectivity index (χ3v) is 4.11. The molecule has 0 unspecified atom stereocenters. The smallest absolute Gasteiger partial charge is 0.187 e. The lowest BCUT2D eigenvalue weighted by Gasteiger charge is -2.10. The van der Waals surface area contributed by atoms with E-state index in [0.717, 1.165) is 27.2 Å². The molecule has 1 aromatic carbocycles. The summed E-state index contributed by atoms with van der Waals surface area (Å²) in [6.45, 7) is 0.